The number of rotatable bonds is 4. The fourth-order valence-corrected chi connectivity index (χ4v) is 5.28. The van der Waals surface area contributed by atoms with Gasteiger partial charge in [-0.2, -0.15) is 0 Å². The quantitative estimate of drug-likeness (QED) is 0.942. The second-order valence-electron chi connectivity index (χ2n) is 5.80. The van der Waals surface area contributed by atoms with E-state index in [0.717, 1.165) is 11.1 Å². The van der Waals surface area contributed by atoms with E-state index in [9.17, 15) is 12.8 Å². The van der Waals surface area contributed by atoms with Crippen molar-refractivity contribution in [3.05, 3.63) is 65.5 Å². The summed E-state index contributed by atoms with van der Waals surface area (Å²) < 4.78 is 38.6. The van der Waals surface area contributed by atoms with Crippen LogP contribution in [0.25, 0.3) is 0 Å². The van der Waals surface area contributed by atoms with Gasteiger partial charge in [0.15, 0.2) is 9.84 Å². The highest BCUT2D eigenvalue weighted by molar-refractivity contribution is 7.92. The molecular weight excluding hydrogens is 301 g/mol. The Balaban J connectivity index is 1.93. The highest BCUT2D eigenvalue weighted by atomic mass is 32.2. The zero-order chi connectivity index (χ0) is 15.9. The number of nitrogens with two attached hydrogens (primary N) is 1. The normalized spacial score (nSPS) is 24.2. The minimum absolute atomic E-state index is 0.114. The fourth-order valence-electron chi connectivity index (χ4n) is 3.05. The van der Waals surface area contributed by atoms with Crippen molar-refractivity contribution in [2.45, 2.75) is 23.0 Å². The number of halogens is 1. The average molecular weight is 319 g/mol. The van der Waals surface area contributed by atoms with Crippen molar-refractivity contribution in [2.24, 2.45) is 11.7 Å². The monoisotopic (exact) mass is 319 g/mol. The van der Waals surface area contributed by atoms with E-state index >= 15 is 0 Å². The molecule has 0 aromatic heterocycles. The number of aryl methyl sites for hydroxylation is 1. The Bertz CT molecular complexity index is 769. The lowest BCUT2D eigenvalue weighted by Gasteiger charge is -2.05. The van der Waals surface area contributed by atoms with Crippen molar-refractivity contribution in [2.75, 3.05) is 6.54 Å². The lowest BCUT2D eigenvalue weighted by Crippen LogP contribution is -2.13. The van der Waals surface area contributed by atoms with Gasteiger partial charge in [-0.3, -0.25) is 0 Å². The van der Waals surface area contributed by atoms with Gasteiger partial charge in [-0.15, -0.1) is 0 Å². The lowest BCUT2D eigenvalue weighted by atomic mass is 10.1. The van der Waals surface area contributed by atoms with Gasteiger partial charge in [0.05, 0.1) is 10.1 Å². The molecule has 116 valence electrons. The standard InChI is InChI=1S/C17H18FNO2S/c1-11-2-8-14(9-3-11)22(20,21)17-15(10-19)16(17)12-4-6-13(18)7-5-12/h2-9,15-17H,10,19H2,1H3/t15-,16-,17-/m1/s1. The van der Waals surface area contributed by atoms with Crippen molar-refractivity contribution < 1.29 is 12.8 Å². The van der Waals surface area contributed by atoms with Crippen molar-refractivity contribution in [1.29, 1.82) is 0 Å². The molecule has 0 amide bonds. The maximum absolute atomic E-state index is 13.0. The van der Waals surface area contributed by atoms with Crippen LogP contribution in [0.5, 0.6) is 0 Å². The molecule has 0 heterocycles. The van der Waals surface area contributed by atoms with E-state index in [0.29, 0.717) is 11.4 Å². The molecule has 0 spiro atoms. The molecule has 1 fully saturated rings. The van der Waals surface area contributed by atoms with Crippen LogP contribution in [-0.4, -0.2) is 20.2 Å². The Morgan fingerprint density at radius 2 is 1.64 bits per heavy atom. The third-order valence-corrected chi connectivity index (χ3v) is 6.62. The van der Waals surface area contributed by atoms with Crippen LogP contribution >= 0.6 is 0 Å². The molecule has 2 aromatic carbocycles. The minimum atomic E-state index is -3.43. The van der Waals surface area contributed by atoms with Crippen LogP contribution in [0.2, 0.25) is 0 Å². The molecule has 1 aliphatic carbocycles. The van der Waals surface area contributed by atoms with Crippen molar-refractivity contribution >= 4 is 9.84 Å². The molecular formula is C17H18FNO2S. The molecule has 0 bridgehead atoms. The van der Waals surface area contributed by atoms with Crippen molar-refractivity contribution in [3.8, 4) is 0 Å². The average Bonchev–Trinajstić information content (AvgIpc) is 3.24. The van der Waals surface area contributed by atoms with Crippen molar-refractivity contribution in [1.82, 2.24) is 0 Å². The summed E-state index contributed by atoms with van der Waals surface area (Å²) in [6, 6.07) is 12.9. The number of sulfone groups is 1. The number of benzene rings is 2. The lowest BCUT2D eigenvalue weighted by molar-refractivity contribution is 0.591. The van der Waals surface area contributed by atoms with Crippen LogP contribution in [0, 0.1) is 18.7 Å². The summed E-state index contributed by atoms with van der Waals surface area (Å²) in [4.78, 5) is 0.325. The van der Waals surface area contributed by atoms with Gasteiger partial charge in [0.1, 0.15) is 5.82 Å². The van der Waals surface area contributed by atoms with Crippen LogP contribution in [0.3, 0.4) is 0 Å². The minimum Gasteiger partial charge on any atom is -0.330 e. The number of hydrogen-bond acceptors (Lipinski definition) is 3. The highest BCUT2D eigenvalue weighted by Gasteiger charge is 2.57. The molecule has 0 radical (unpaired) electrons. The molecule has 1 aliphatic rings. The Kier molecular flexibility index (Phi) is 3.78. The summed E-state index contributed by atoms with van der Waals surface area (Å²) in [5.41, 5.74) is 7.59. The van der Waals surface area contributed by atoms with Crippen LogP contribution < -0.4 is 5.73 Å². The van der Waals surface area contributed by atoms with E-state index in [-0.39, 0.29) is 17.7 Å². The maximum atomic E-state index is 13.0. The summed E-state index contributed by atoms with van der Waals surface area (Å²) in [6.45, 7) is 2.22. The maximum Gasteiger partial charge on any atom is 0.182 e. The van der Waals surface area contributed by atoms with Gasteiger partial charge in [0, 0.05) is 5.92 Å². The van der Waals surface area contributed by atoms with Gasteiger partial charge in [-0.1, -0.05) is 29.8 Å². The molecule has 1 saturated carbocycles. The Hall–Kier alpha value is -1.72. The Labute approximate surface area is 129 Å². The zero-order valence-corrected chi connectivity index (χ0v) is 13.1. The van der Waals surface area contributed by atoms with Crippen LogP contribution in [0.1, 0.15) is 17.0 Å². The molecule has 3 atom stereocenters. The van der Waals surface area contributed by atoms with Gasteiger partial charge in [0.25, 0.3) is 0 Å². The SMILES string of the molecule is Cc1ccc(S(=O)(=O)[C@@H]2[C@H](CN)[C@H]2c2ccc(F)cc2)cc1. The highest BCUT2D eigenvalue weighted by Crippen LogP contribution is 2.53. The smallest absolute Gasteiger partial charge is 0.182 e. The molecule has 2 aromatic rings. The molecule has 5 heteroatoms. The van der Waals surface area contributed by atoms with E-state index in [4.69, 9.17) is 5.73 Å². The molecule has 3 nitrogen and oxygen atoms in total. The second kappa shape index (κ2) is 5.48. The molecule has 22 heavy (non-hydrogen) atoms. The first-order chi connectivity index (χ1) is 10.4. The third kappa shape index (κ3) is 2.55. The predicted octanol–water partition coefficient (Wildman–Crippen LogP) is 2.65. The molecule has 0 unspecified atom stereocenters. The molecule has 0 aliphatic heterocycles. The van der Waals surface area contributed by atoms with Crippen LogP contribution in [0.4, 0.5) is 4.39 Å². The summed E-state index contributed by atoms with van der Waals surface area (Å²) in [5.74, 6) is -0.597. The van der Waals surface area contributed by atoms with E-state index in [2.05, 4.69) is 0 Å². The fraction of sp³-hybridized carbons (Fsp3) is 0.294. The van der Waals surface area contributed by atoms with Gasteiger partial charge in [-0.05, 0) is 49.2 Å². The van der Waals surface area contributed by atoms with E-state index in [1.54, 1.807) is 36.4 Å². The van der Waals surface area contributed by atoms with E-state index < -0.39 is 15.1 Å². The van der Waals surface area contributed by atoms with E-state index in [1.807, 2.05) is 6.92 Å². The first-order valence-electron chi connectivity index (χ1n) is 7.21. The Morgan fingerprint density at radius 1 is 1.05 bits per heavy atom. The summed E-state index contributed by atoms with van der Waals surface area (Å²) in [5, 5.41) is -0.523. The third-order valence-electron chi connectivity index (χ3n) is 4.33. The van der Waals surface area contributed by atoms with E-state index in [1.165, 1.54) is 12.1 Å². The van der Waals surface area contributed by atoms with Crippen molar-refractivity contribution in [3.63, 3.8) is 0 Å². The zero-order valence-electron chi connectivity index (χ0n) is 12.2. The largest absolute Gasteiger partial charge is 0.330 e. The first-order valence-corrected chi connectivity index (χ1v) is 8.76. The number of hydrogen-bond donors (Lipinski definition) is 1. The van der Waals surface area contributed by atoms with Gasteiger partial charge < -0.3 is 5.73 Å². The van der Waals surface area contributed by atoms with Crippen LogP contribution in [-0.2, 0) is 9.84 Å². The topological polar surface area (TPSA) is 60.2 Å². The summed E-state index contributed by atoms with van der Waals surface area (Å²) in [6.07, 6.45) is 0. The summed E-state index contributed by atoms with van der Waals surface area (Å²) in [7, 11) is -3.43. The molecule has 0 saturated heterocycles. The van der Waals surface area contributed by atoms with Crippen LogP contribution in [0.15, 0.2) is 53.4 Å². The molecule has 2 N–H and O–H groups in total. The first kappa shape index (κ1) is 15.2. The molecule has 3 rings (SSSR count). The second-order valence-corrected chi connectivity index (χ2v) is 7.91. The summed E-state index contributed by atoms with van der Waals surface area (Å²) >= 11 is 0. The Morgan fingerprint density at radius 3 is 2.18 bits per heavy atom. The van der Waals surface area contributed by atoms with Gasteiger partial charge in [0.2, 0.25) is 0 Å². The van der Waals surface area contributed by atoms with Gasteiger partial charge in [-0.25, -0.2) is 12.8 Å². The van der Waals surface area contributed by atoms with Gasteiger partial charge >= 0.3 is 0 Å². The predicted molar refractivity (Wildman–Crippen MR) is 83.8 cm³/mol.